The van der Waals surface area contributed by atoms with Crippen LogP contribution in [0.5, 0.6) is 0 Å². The van der Waals surface area contributed by atoms with Gasteiger partial charge in [-0.1, -0.05) is 11.8 Å². The van der Waals surface area contributed by atoms with E-state index in [1.165, 1.54) is 11.8 Å². The van der Waals surface area contributed by atoms with E-state index in [4.69, 9.17) is 0 Å². The molecule has 0 aliphatic carbocycles. The summed E-state index contributed by atoms with van der Waals surface area (Å²) < 4.78 is 0.417. The summed E-state index contributed by atoms with van der Waals surface area (Å²) in [7, 11) is 0. The first-order valence-electron chi connectivity index (χ1n) is 2.10. The monoisotopic (exact) mass is 206 g/mol. The molecule has 0 aliphatic heterocycles. The number of hydrogen-bond donors (Lipinski definition) is 0. The van der Waals surface area contributed by atoms with Crippen molar-refractivity contribution in [2.24, 2.45) is 0 Å². The Morgan fingerprint density at radius 2 is 1.78 bits per heavy atom. The van der Waals surface area contributed by atoms with Gasteiger partial charge in [-0.25, -0.2) is 0 Å². The zero-order chi connectivity index (χ0) is 6.69. The number of rotatable bonds is 1. The minimum atomic E-state index is 0.417. The third kappa shape index (κ3) is 1.87. The largest absolute Gasteiger partial charge is 0.238 e. The van der Waals surface area contributed by atoms with Crippen molar-refractivity contribution in [1.29, 1.82) is 0 Å². The Balaban J connectivity index is 2.88. The molecule has 0 aliphatic rings. The van der Waals surface area contributed by atoms with Crippen molar-refractivity contribution >= 4 is 27.7 Å². The van der Waals surface area contributed by atoms with Gasteiger partial charge >= 0.3 is 0 Å². The minimum absolute atomic E-state index is 0.417. The molecule has 0 bridgehead atoms. The molecule has 48 valence electrons. The molecule has 1 aromatic rings. The van der Waals surface area contributed by atoms with Crippen molar-refractivity contribution in [3.05, 3.63) is 4.73 Å². The zero-order valence-electron chi connectivity index (χ0n) is 4.58. The molecule has 0 aromatic carbocycles. The van der Waals surface area contributed by atoms with Crippen LogP contribution in [0.4, 0.5) is 0 Å². The Morgan fingerprint density at radius 1 is 1.22 bits per heavy atom. The molecule has 9 heavy (non-hydrogen) atoms. The standard InChI is InChI=1S/C3H3BrN4S/c1-9-3-7-5-2(4)6-8-3/h1H3. The van der Waals surface area contributed by atoms with Crippen LogP contribution in [0.25, 0.3) is 0 Å². The van der Waals surface area contributed by atoms with Crippen molar-refractivity contribution in [1.82, 2.24) is 20.4 Å². The van der Waals surface area contributed by atoms with Crippen LogP contribution in [0.2, 0.25) is 0 Å². The highest BCUT2D eigenvalue weighted by Gasteiger charge is 1.93. The lowest BCUT2D eigenvalue weighted by molar-refractivity contribution is 0.725. The van der Waals surface area contributed by atoms with Crippen molar-refractivity contribution in [3.8, 4) is 0 Å². The van der Waals surface area contributed by atoms with E-state index in [1.54, 1.807) is 0 Å². The average molecular weight is 207 g/mol. The Labute approximate surface area is 64.6 Å². The third-order valence-corrected chi connectivity index (χ3v) is 1.46. The number of thioether (sulfide) groups is 1. The lowest BCUT2D eigenvalue weighted by Crippen LogP contribution is -1.93. The number of aromatic nitrogens is 4. The second-order valence-corrected chi connectivity index (χ2v) is 2.64. The van der Waals surface area contributed by atoms with E-state index in [0.29, 0.717) is 9.89 Å². The summed E-state index contributed by atoms with van der Waals surface area (Å²) in [5, 5.41) is 15.2. The molecule has 4 nitrogen and oxygen atoms in total. The van der Waals surface area contributed by atoms with Gasteiger partial charge in [-0.05, 0) is 22.2 Å². The van der Waals surface area contributed by atoms with E-state index < -0.39 is 0 Å². The Hall–Kier alpha value is -0.230. The summed E-state index contributed by atoms with van der Waals surface area (Å²) in [4.78, 5) is 0. The maximum atomic E-state index is 3.69. The predicted octanol–water partition coefficient (Wildman–Crippen LogP) is 0.751. The van der Waals surface area contributed by atoms with Crippen molar-refractivity contribution in [3.63, 3.8) is 0 Å². The van der Waals surface area contributed by atoms with Gasteiger partial charge in [-0.15, -0.1) is 20.4 Å². The zero-order valence-corrected chi connectivity index (χ0v) is 6.98. The lowest BCUT2D eigenvalue weighted by atomic mass is 11.3. The number of nitrogens with zero attached hydrogens (tertiary/aromatic N) is 4. The molecular weight excluding hydrogens is 204 g/mol. The van der Waals surface area contributed by atoms with Gasteiger partial charge in [-0.2, -0.15) is 0 Å². The molecule has 0 saturated heterocycles. The van der Waals surface area contributed by atoms with E-state index >= 15 is 0 Å². The molecule has 1 aromatic heterocycles. The molecule has 1 heterocycles. The van der Waals surface area contributed by atoms with E-state index in [2.05, 4.69) is 36.3 Å². The van der Waals surface area contributed by atoms with Crippen LogP contribution in [0.3, 0.4) is 0 Å². The van der Waals surface area contributed by atoms with E-state index in [9.17, 15) is 0 Å². The number of halogens is 1. The van der Waals surface area contributed by atoms with Crippen LogP contribution in [0.1, 0.15) is 0 Å². The van der Waals surface area contributed by atoms with Crippen LogP contribution in [0.15, 0.2) is 9.89 Å². The smallest absolute Gasteiger partial charge is 0.119 e. The molecule has 0 saturated carbocycles. The molecule has 0 unspecified atom stereocenters. The van der Waals surface area contributed by atoms with Crippen molar-refractivity contribution in [2.45, 2.75) is 5.16 Å². The Kier molecular flexibility index (Phi) is 2.35. The van der Waals surface area contributed by atoms with E-state index in [-0.39, 0.29) is 0 Å². The van der Waals surface area contributed by atoms with Gasteiger partial charge in [0.1, 0.15) is 0 Å². The van der Waals surface area contributed by atoms with Gasteiger partial charge in [0.05, 0.1) is 0 Å². The second-order valence-electron chi connectivity index (χ2n) is 1.16. The average Bonchev–Trinajstić information content (AvgIpc) is 1.90. The molecule has 0 atom stereocenters. The van der Waals surface area contributed by atoms with E-state index in [0.717, 1.165) is 0 Å². The highest BCUT2D eigenvalue weighted by atomic mass is 79.9. The van der Waals surface area contributed by atoms with Gasteiger partial charge in [0.25, 0.3) is 0 Å². The van der Waals surface area contributed by atoms with Crippen LogP contribution in [0, 0.1) is 0 Å². The fourth-order valence-electron chi connectivity index (χ4n) is 0.290. The van der Waals surface area contributed by atoms with Crippen LogP contribution in [-0.2, 0) is 0 Å². The maximum Gasteiger partial charge on any atom is 0.238 e. The molecule has 1 rings (SSSR count). The molecular formula is C3H3BrN4S. The molecule has 0 fully saturated rings. The molecule has 0 amide bonds. The summed E-state index contributed by atoms with van der Waals surface area (Å²) >= 11 is 4.43. The van der Waals surface area contributed by atoms with Gasteiger partial charge < -0.3 is 0 Å². The highest BCUT2D eigenvalue weighted by molar-refractivity contribution is 9.10. The summed E-state index contributed by atoms with van der Waals surface area (Å²) in [5.74, 6) is 0. The van der Waals surface area contributed by atoms with Crippen LogP contribution < -0.4 is 0 Å². The lowest BCUT2D eigenvalue weighted by Gasteiger charge is -1.87. The van der Waals surface area contributed by atoms with Gasteiger partial charge in [-0.3, -0.25) is 0 Å². The van der Waals surface area contributed by atoms with Crippen LogP contribution >= 0.6 is 27.7 Å². The van der Waals surface area contributed by atoms with Gasteiger partial charge in [0.2, 0.25) is 9.89 Å². The quantitative estimate of drug-likeness (QED) is 0.636. The second kappa shape index (κ2) is 3.07. The summed E-state index contributed by atoms with van der Waals surface area (Å²) in [6.45, 7) is 0. The number of hydrogen-bond acceptors (Lipinski definition) is 5. The summed E-state index contributed by atoms with van der Waals surface area (Å²) in [6.07, 6.45) is 1.87. The molecule has 0 N–H and O–H groups in total. The Morgan fingerprint density at radius 3 is 2.22 bits per heavy atom. The first kappa shape index (κ1) is 6.88. The normalized spacial score (nSPS) is 9.56. The summed E-state index contributed by atoms with van der Waals surface area (Å²) in [5.41, 5.74) is 0. The Bertz CT molecular complexity index is 188. The molecule has 6 heteroatoms. The van der Waals surface area contributed by atoms with Gasteiger partial charge in [0.15, 0.2) is 0 Å². The minimum Gasteiger partial charge on any atom is -0.119 e. The SMILES string of the molecule is CSc1nnc(Br)nn1. The topological polar surface area (TPSA) is 51.6 Å². The summed E-state index contributed by atoms with van der Waals surface area (Å²) in [6, 6.07) is 0. The van der Waals surface area contributed by atoms with E-state index in [1.807, 2.05) is 6.26 Å². The fraction of sp³-hybridized carbons (Fsp3) is 0.333. The van der Waals surface area contributed by atoms with Crippen LogP contribution in [-0.4, -0.2) is 26.7 Å². The molecule has 0 spiro atoms. The fourth-order valence-corrected chi connectivity index (χ4v) is 0.693. The van der Waals surface area contributed by atoms with Gasteiger partial charge in [0, 0.05) is 0 Å². The first-order valence-corrected chi connectivity index (χ1v) is 4.11. The van der Waals surface area contributed by atoms with Crippen molar-refractivity contribution < 1.29 is 0 Å². The first-order chi connectivity index (χ1) is 4.33. The molecule has 0 radical (unpaired) electrons. The maximum absolute atomic E-state index is 3.69. The third-order valence-electron chi connectivity index (χ3n) is 0.619. The highest BCUT2D eigenvalue weighted by Crippen LogP contribution is 2.04. The van der Waals surface area contributed by atoms with Crippen molar-refractivity contribution in [2.75, 3.05) is 6.26 Å². The predicted molar refractivity (Wildman–Crippen MR) is 37.1 cm³/mol.